The zero-order chi connectivity index (χ0) is 14.0. The molecule has 0 saturated carbocycles. The van der Waals surface area contributed by atoms with Gasteiger partial charge in [0.25, 0.3) is 0 Å². The van der Waals surface area contributed by atoms with Gasteiger partial charge in [-0.05, 0) is 25.1 Å². The molecule has 0 fully saturated rings. The lowest BCUT2D eigenvalue weighted by molar-refractivity contribution is -0.155. The normalized spacial score (nSPS) is 15.1. The average Bonchev–Trinajstić information content (AvgIpc) is 2.26. The molecule has 0 radical (unpaired) electrons. The minimum absolute atomic E-state index is 0.0157. The summed E-state index contributed by atoms with van der Waals surface area (Å²) in [5.74, 6) is -1.50. The Kier molecular flexibility index (Phi) is 4.49. The Hall–Kier alpha value is -0.960. The number of sulfonamides is 1. The summed E-state index contributed by atoms with van der Waals surface area (Å²) in [6.45, 7) is 0.399. The van der Waals surface area contributed by atoms with Crippen molar-refractivity contribution in [2.24, 2.45) is 0 Å². The minimum Gasteiger partial charge on any atom is -0.479 e. The molecule has 1 rings (SSSR count). The summed E-state index contributed by atoms with van der Waals surface area (Å²) in [4.78, 5) is 10.6. The van der Waals surface area contributed by atoms with E-state index in [0.29, 0.717) is 4.47 Å². The molecule has 1 atom stereocenters. The molecule has 0 aliphatic carbocycles. The number of halogens is 1. The number of nitrogens with one attached hydrogen (secondary N) is 1. The Balaban J connectivity index is 2.87. The molecule has 0 aliphatic heterocycles. The first-order valence-corrected chi connectivity index (χ1v) is 7.14. The van der Waals surface area contributed by atoms with Gasteiger partial charge in [-0.2, -0.15) is 0 Å². The van der Waals surface area contributed by atoms with Crippen molar-refractivity contribution < 1.29 is 23.4 Å². The lowest BCUT2D eigenvalue weighted by atomic mass is 10.1. The fourth-order valence-electron chi connectivity index (χ4n) is 1.03. The van der Waals surface area contributed by atoms with E-state index in [1.807, 2.05) is 4.72 Å². The predicted molar refractivity (Wildman–Crippen MR) is 67.6 cm³/mol. The van der Waals surface area contributed by atoms with E-state index in [4.69, 9.17) is 5.11 Å². The molecule has 3 N–H and O–H groups in total. The third-order valence-corrected chi connectivity index (χ3v) is 4.07. The smallest absolute Gasteiger partial charge is 0.336 e. The van der Waals surface area contributed by atoms with Gasteiger partial charge in [0, 0.05) is 4.47 Å². The van der Waals surface area contributed by atoms with Crippen molar-refractivity contribution in [3.8, 4) is 0 Å². The first kappa shape index (κ1) is 15.1. The van der Waals surface area contributed by atoms with Crippen LogP contribution in [0.5, 0.6) is 0 Å². The van der Waals surface area contributed by atoms with Gasteiger partial charge in [-0.15, -0.1) is 0 Å². The molecular formula is C10H12BrNO5S. The molecule has 0 amide bonds. The van der Waals surface area contributed by atoms with Crippen LogP contribution < -0.4 is 4.72 Å². The molecule has 0 aromatic heterocycles. The Labute approximate surface area is 113 Å². The third kappa shape index (κ3) is 3.77. The van der Waals surface area contributed by atoms with Gasteiger partial charge in [0.1, 0.15) is 0 Å². The first-order valence-electron chi connectivity index (χ1n) is 4.86. The molecule has 0 aliphatic rings. The van der Waals surface area contributed by atoms with E-state index < -0.39 is 28.1 Å². The summed E-state index contributed by atoms with van der Waals surface area (Å²) in [7, 11) is -3.85. The van der Waals surface area contributed by atoms with Crippen molar-refractivity contribution in [2.75, 3.05) is 6.54 Å². The van der Waals surface area contributed by atoms with Crippen LogP contribution >= 0.6 is 15.9 Å². The quantitative estimate of drug-likeness (QED) is 0.728. The summed E-state index contributed by atoms with van der Waals surface area (Å²) in [6.07, 6.45) is 0. The molecule has 100 valence electrons. The minimum atomic E-state index is -3.85. The number of carbonyl (C=O) groups is 1. The maximum atomic E-state index is 11.8. The number of aliphatic hydroxyl groups is 1. The summed E-state index contributed by atoms with van der Waals surface area (Å²) in [5.41, 5.74) is -2.15. The van der Waals surface area contributed by atoms with Crippen molar-refractivity contribution in [1.82, 2.24) is 4.72 Å². The second-order valence-corrected chi connectivity index (χ2v) is 6.54. The third-order valence-electron chi connectivity index (χ3n) is 2.17. The van der Waals surface area contributed by atoms with Crippen LogP contribution in [0.15, 0.2) is 33.6 Å². The molecule has 18 heavy (non-hydrogen) atoms. The van der Waals surface area contributed by atoms with E-state index in [1.54, 1.807) is 6.07 Å². The van der Waals surface area contributed by atoms with Crippen molar-refractivity contribution in [3.05, 3.63) is 28.7 Å². The summed E-state index contributed by atoms with van der Waals surface area (Å²) < 4.78 is 26.3. The first-order chi connectivity index (χ1) is 8.15. The van der Waals surface area contributed by atoms with E-state index in [1.165, 1.54) is 18.2 Å². The van der Waals surface area contributed by atoms with E-state index in [0.717, 1.165) is 6.92 Å². The van der Waals surface area contributed by atoms with Crippen molar-refractivity contribution in [3.63, 3.8) is 0 Å². The second kappa shape index (κ2) is 5.35. The highest BCUT2D eigenvalue weighted by Crippen LogP contribution is 2.16. The van der Waals surface area contributed by atoms with E-state index in [9.17, 15) is 18.3 Å². The maximum absolute atomic E-state index is 11.8. The fourth-order valence-corrected chi connectivity index (χ4v) is 2.76. The standard InChI is InChI=1S/C10H12BrNO5S/c1-10(15,9(13)14)6-12-18(16,17)8-4-2-3-7(11)5-8/h2-5,12,15H,6H2,1H3,(H,13,14). The highest BCUT2D eigenvalue weighted by atomic mass is 79.9. The van der Waals surface area contributed by atoms with Gasteiger partial charge in [0.05, 0.1) is 11.4 Å². The second-order valence-electron chi connectivity index (χ2n) is 3.86. The molecule has 6 nitrogen and oxygen atoms in total. The Bertz CT molecular complexity index is 555. The summed E-state index contributed by atoms with van der Waals surface area (Å²) in [6, 6.07) is 5.93. The molecular weight excluding hydrogens is 326 g/mol. The Morgan fingerprint density at radius 2 is 2.11 bits per heavy atom. The van der Waals surface area contributed by atoms with Crippen LogP contribution in [0.1, 0.15) is 6.92 Å². The largest absolute Gasteiger partial charge is 0.479 e. The zero-order valence-electron chi connectivity index (χ0n) is 9.42. The zero-order valence-corrected chi connectivity index (χ0v) is 11.8. The van der Waals surface area contributed by atoms with Crippen molar-refractivity contribution >= 4 is 31.9 Å². The molecule has 8 heteroatoms. The van der Waals surface area contributed by atoms with Gasteiger partial charge in [-0.25, -0.2) is 17.9 Å². The molecule has 0 spiro atoms. The van der Waals surface area contributed by atoms with Crippen LogP contribution in [0.2, 0.25) is 0 Å². The van der Waals surface area contributed by atoms with Gasteiger partial charge in [-0.3, -0.25) is 0 Å². The number of benzene rings is 1. The molecule has 0 saturated heterocycles. The van der Waals surface area contributed by atoms with Gasteiger partial charge in [0.15, 0.2) is 5.60 Å². The Morgan fingerprint density at radius 3 is 2.61 bits per heavy atom. The number of hydrogen-bond donors (Lipinski definition) is 3. The number of rotatable bonds is 5. The van der Waals surface area contributed by atoms with Gasteiger partial charge < -0.3 is 10.2 Å². The lowest BCUT2D eigenvalue weighted by Gasteiger charge is -2.18. The van der Waals surface area contributed by atoms with E-state index in [-0.39, 0.29) is 4.90 Å². The monoisotopic (exact) mass is 337 g/mol. The van der Waals surface area contributed by atoms with Crippen LogP contribution in [-0.2, 0) is 14.8 Å². The van der Waals surface area contributed by atoms with Crippen LogP contribution in [0, 0.1) is 0 Å². The molecule has 1 aromatic rings. The number of carboxylic acids is 1. The molecule has 0 bridgehead atoms. The number of hydrogen-bond acceptors (Lipinski definition) is 4. The van der Waals surface area contributed by atoms with Crippen LogP contribution in [-0.4, -0.2) is 36.7 Å². The fraction of sp³-hybridized carbons (Fsp3) is 0.300. The van der Waals surface area contributed by atoms with Crippen LogP contribution in [0.3, 0.4) is 0 Å². The summed E-state index contributed by atoms with van der Waals surface area (Å²) in [5, 5.41) is 18.1. The highest BCUT2D eigenvalue weighted by Gasteiger charge is 2.31. The number of aliphatic carboxylic acids is 1. The van der Waals surface area contributed by atoms with Gasteiger partial charge >= 0.3 is 5.97 Å². The lowest BCUT2D eigenvalue weighted by Crippen LogP contribution is -2.46. The Morgan fingerprint density at radius 1 is 1.50 bits per heavy atom. The molecule has 0 heterocycles. The molecule has 1 unspecified atom stereocenters. The predicted octanol–water partition coefficient (Wildman–Crippen LogP) is 0.563. The summed E-state index contributed by atoms with van der Waals surface area (Å²) >= 11 is 3.13. The van der Waals surface area contributed by atoms with E-state index in [2.05, 4.69) is 15.9 Å². The van der Waals surface area contributed by atoms with Crippen LogP contribution in [0.4, 0.5) is 0 Å². The van der Waals surface area contributed by atoms with E-state index >= 15 is 0 Å². The van der Waals surface area contributed by atoms with Crippen LogP contribution in [0.25, 0.3) is 0 Å². The number of carboxylic acid groups (broad SMARTS) is 1. The highest BCUT2D eigenvalue weighted by molar-refractivity contribution is 9.10. The maximum Gasteiger partial charge on any atom is 0.336 e. The SMILES string of the molecule is CC(O)(CNS(=O)(=O)c1cccc(Br)c1)C(=O)O. The van der Waals surface area contributed by atoms with Crippen molar-refractivity contribution in [2.45, 2.75) is 17.4 Å². The topological polar surface area (TPSA) is 104 Å². The van der Waals surface area contributed by atoms with Gasteiger partial charge in [-0.1, -0.05) is 22.0 Å². The van der Waals surface area contributed by atoms with Gasteiger partial charge in [0.2, 0.25) is 10.0 Å². The average molecular weight is 338 g/mol. The van der Waals surface area contributed by atoms with Crippen molar-refractivity contribution in [1.29, 1.82) is 0 Å². The molecule has 1 aromatic carbocycles.